The van der Waals surface area contributed by atoms with Crippen LogP contribution in [-0.4, -0.2) is 51.7 Å². The molecule has 0 aliphatic carbocycles. The summed E-state index contributed by atoms with van der Waals surface area (Å²) in [5.41, 5.74) is 2.67. The first-order chi connectivity index (χ1) is 10.2. The molecule has 1 rings (SSSR count). The second-order valence-corrected chi connectivity index (χ2v) is 7.29. The minimum atomic E-state index is -3.43. The molecule has 0 atom stereocenters. The van der Waals surface area contributed by atoms with Crippen molar-refractivity contribution in [2.75, 3.05) is 38.4 Å². The third-order valence-electron chi connectivity index (χ3n) is 3.21. The van der Waals surface area contributed by atoms with Crippen molar-refractivity contribution in [2.45, 2.75) is 20.3 Å². The second-order valence-electron chi connectivity index (χ2n) is 5.31. The van der Waals surface area contributed by atoms with Crippen molar-refractivity contribution in [3.8, 4) is 0 Å². The van der Waals surface area contributed by atoms with Crippen LogP contribution in [0.4, 0.5) is 5.69 Å². The van der Waals surface area contributed by atoms with Gasteiger partial charge in [-0.15, -0.1) is 0 Å². The lowest BCUT2D eigenvalue weighted by molar-refractivity contribution is -0.116. The molecule has 0 unspecified atom stereocenters. The van der Waals surface area contributed by atoms with Gasteiger partial charge in [-0.1, -0.05) is 12.1 Å². The van der Waals surface area contributed by atoms with Gasteiger partial charge in [-0.25, -0.2) is 8.42 Å². The van der Waals surface area contributed by atoms with Gasteiger partial charge in [0.15, 0.2) is 0 Å². The van der Waals surface area contributed by atoms with E-state index in [2.05, 4.69) is 5.32 Å². The maximum absolute atomic E-state index is 12.1. The summed E-state index contributed by atoms with van der Waals surface area (Å²) in [5, 5.41) is 2.77. The highest BCUT2D eigenvalue weighted by atomic mass is 32.2. The van der Waals surface area contributed by atoms with Crippen LogP contribution >= 0.6 is 0 Å². The van der Waals surface area contributed by atoms with Crippen molar-refractivity contribution in [1.29, 1.82) is 0 Å². The molecule has 0 saturated heterocycles. The van der Waals surface area contributed by atoms with Gasteiger partial charge in [0, 0.05) is 25.9 Å². The van der Waals surface area contributed by atoms with E-state index in [1.165, 1.54) is 0 Å². The molecular formula is C15H24N2O4S. The van der Waals surface area contributed by atoms with Crippen LogP contribution in [0.25, 0.3) is 0 Å². The van der Waals surface area contributed by atoms with Gasteiger partial charge >= 0.3 is 0 Å². The van der Waals surface area contributed by atoms with Crippen molar-refractivity contribution < 1.29 is 17.9 Å². The Kier molecular flexibility index (Phi) is 6.99. The Morgan fingerprint density at radius 1 is 1.32 bits per heavy atom. The van der Waals surface area contributed by atoms with Crippen LogP contribution in [0, 0.1) is 13.8 Å². The second kappa shape index (κ2) is 8.26. The highest BCUT2D eigenvalue weighted by Crippen LogP contribution is 2.16. The highest BCUT2D eigenvalue weighted by Gasteiger charge is 2.20. The SMILES string of the molecule is COCCCN(CC(=O)Nc1cc(C)ccc1C)S(C)(=O)=O. The molecule has 1 aromatic rings. The van der Waals surface area contributed by atoms with Gasteiger partial charge in [0.1, 0.15) is 0 Å². The number of aryl methyl sites for hydroxylation is 2. The van der Waals surface area contributed by atoms with Crippen LogP contribution in [0.1, 0.15) is 17.5 Å². The van der Waals surface area contributed by atoms with Crippen LogP contribution in [0.5, 0.6) is 0 Å². The van der Waals surface area contributed by atoms with Crippen LogP contribution in [0.2, 0.25) is 0 Å². The Morgan fingerprint density at radius 3 is 2.59 bits per heavy atom. The minimum Gasteiger partial charge on any atom is -0.385 e. The Morgan fingerprint density at radius 2 is 2.00 bits per heavy atom. The molecule has 0 heterocycles. The summed E-state index contributed by atoms with van der Waals surface area (Å²) in [7, 11) is -1.88. The third-order valence-corrected chi connectivity index (χ3v) is 4.46. The van der Waals surface area contributed by atoms with Gasteiger partial charge in [-0.2, -0.15) is 4.31 Å². The molecule has 0 aromatic heterocycles. The average Bonchev–Trinajstić information content (AvgIpc) is 2.41. The van der Waals surface area contributed by atoms with E-state index >= 15 is 0 Å². The quantitative estimate of drug-likeness (QED) is 0.735. The number of nitrogens with zero attached hydrogens (tertiary/aromatic N) is 1. The van der Waals surface area contributed by atoms with Crippen molar-refractivity contribution >= 4 is 21.6 Å². The molecule has 7 heteroatoms. The first-order valence-electron chi connectivity index (χ1n) is 7.05. The molecule has 6 nitrogen and oxygen atoms in total. The van der Waals surface area contributed by atoms with Crippen LogP contribution in [-0.2, 0) is 19.6 Å². The molecule has 22 heavy (non-hydrogen) atoms. The average molecular weight is 328 g/mol. The number of anilines is 1. The van der Waals surface area contributed by atoms with Crippen LogP contribution in [0.3, 0.4) is 0 Å². The number of hydrogen-bond donors (Lipinski definition) is 1. The van der Waals surface area contributed by atoms with Crippen LogP contribution in [0.15, 0.2) is 18.2 Å². The maximum Gasteiger partial charge on any atom is 0.239 e. The molecule has 0 saturated carbocycles. The fourth-order valence-electron chi connectivity index (χ4n) is 1.97. The Bertz CT molecular complexity index is 614. The number of carbonyl (C=O) groups excluding carboxylic acids is 1. The molecule has 0 spiro atoms. The lowest BCUT2D eigenvalue weighted by Gasteiger charge is -2.19. The van der Waals surface area contributed by atoms with Gasteiger partial charge in [0.05, 0.1) is 12.8 Å². The van der Waals surface area contributed by atoms with Gasteiger partial charge in [-0.05, 0) is 37.5 Å². The molecule has 0 aliphatic rings. The van der Waals surface area contributed by atoms with E-state index < -0.39 is 10.0 Å². The van der Waals surface area contributed by atoms with Gasteiger partial charge in [0.25, 0.3) is 0 Å². The summed E-state index contributed by atoms with van der Waals surface area (Å²) in [4.78, 5) is 12.1. The maximum atomic E-state index is 12.1. The molecular weight excluding hydrogens is 304 g/mol. The lowest BCUT2D eigenvalue weighted by Crippen LogP contribution is -2.38. The van der Waals surface area contributed by atoms with E-state index in [9.17, 15) is 13.2 Å². The molecule has 0 bridgehead atoms. The summed E-state index contributed by atoms with van der Waals surface area (Å²) in [5.74, 6) is -0.350. The van der Waals surface area contributed by atoms with Crippen LogP contribution < -0.4 is 5.32 Å². The Labute approximate surface area is 132 Å². The van der Waals surface area contributed by atoms with E-state index in [0.717, 1.165) is 21.7 Å². The summed E-state index contributed by atoms with van der Waals surface area (Å²) >= 11 is 0. The topological polar surface area (TPSA) is 75.7 Å². The smallest absolute Gasteiger partial charge is 0.239 e. The first kappa shape index (κ1) is 18.6. The van der Waals surface area contributed by atoms with Crippen molar-refractivity contribution in [3.05, 3.63) is 29.3 Å². The number of hydrogen-bond acceptors (Lipinski definition) is 4. The summed E-state index contributed by atoms with van der Waals surface area (Å²) in [6, 6.07) is 5.74. The van der Waals surface area contributed by atoms with E-state index in [-0.39, 0.29) is 19.0 Å². The zero-order valence-electron chi connectivity index (χ0n) is 13.5. The number of rotatable bonds is 8. The van der Waals surface area contributed by atoms with E-state index in [0.29, 0.717) is 18.7 Å². The number of benzene rings is 1. The summed E-state index contributed by atoms with van der Waals surface area (Å²) < 4.78 is 29.6. The highest BCUT2D eigenvalue weighted by molar-refractivity contribution is 7.88. The third kappa shape index (κ3) is 6.13. The number of sulfonamides is 1. The normalized spacial score (nSPS) is 11.7. The van der Waals surface area contributed by atoms with Gasteiger partial charge in [0.2, 0.25) is 15.9 Å². The van der Waals surface area contributed by atoms with E-state index in [4.69, 9.17) is 4.74 Å². The van der Waals surface area contributed by atoms with E-state index in [1.807, 2.05) is 32.0 Å². The number of carbonyl (C=O) groups is 1. The van der Waals surface area contributed by atoms with Gasteiger partial charge < -0.3 is 10.1 Å². The molecule has 0 fully saturated rings. The number of nitrogens with one attached hydrogen (secondary N) is 1. The van der Waals surface area contributed by atoms with Crippen molar-refractivity contribution in [3.63, 3.8) is 0 Å². The molecule has 1 N–H and O–H groups in total. The zero-order chi connectivity index (χ0) is 16.8. The van der Waals surface area contributed by atoms with Crippen molar-refractivity contribution in [2.24, 2.45) is 0 Å². The van der Waals surface area contributed by atoms with Crippen molar-refractivity contribution in [1.82, 2.24) is 4.31 Å². The van der Waals surface area contributed by atoms with Gasteiger partial charge in [-0.3, -0.25) is 4.79 Å². The zero-order valence-corrected chi connectivity index (χ0v) is 14.4. The predicted molar refractivity (Wildman–Crippen MR) is 87.5 cm³/mol. The number of methoxy groups -OCH3 is 1. The summed E-state index contributed by atoms with van der Waals surface area (Å²) in [6.45, 7) is 4.33. The minimum absolute atomic E-state index is 0.198. The molecule has 1 amide bonds. The molecule has 0 radical (unpaired) electrons. The molecule has 1 aromatic carbocycles. The predicted octanol–water partition coefficient (Wildman–Crippen LogP) is 1.54. The Hall–Kier alpha value is -1.44. The fraction of sp³-hybridized carbons (Fsp3) is 0.533. The lowest BCUT2D eigenvalue weighted by atomic mass is 10.1. The largest absolute Gasteiger partial charge is 0.385 e. The summed E-state index contributed by atoms with van der Waals surface area (Å²) in [6.07, 6.45) is 1.64. The molecule has 0 aliphatic heterocycles. The standard InChI is InChI=1S/C15H24N2O4S/c1-12-6-7-13(2)14(10-12)16-15(18)11-17(22(4,19)20)8-5-9-21-3/h6-7,10H,5,8-9,11H2,1-4H3,(H,16,18). The number of amides is 1. The van der Waals surface area contributed by atoms with E-state index in [1.54, 1.807) is 7.11 Å². The first-order valence-corrected chi connectivity index (χ1v) is 8.90. The monoisotopic (exact) mass is 328 g/mol. The number of ether oxygens (including phenoxy) is 1. The Balaban J connectivity index is 2.72. The molecule has 124 valence electrons. The fourth-order valence-corrected chi connectivity index (χ4v) is 2.78.